The smallest absolute Gasteiger partial charge is 0.137 e. The van der Waals surface area contributed by atoms with Crippen LogP contribution in [0.25, 0.3) is 5.65 Å². The monoisotopic (exact) mass is 201 g/mol. The van der Waals surface area contributed by atoms with Crippen molar-refractivity contribution in [3.05, 3.63) is 35.8 Å². The molecule has 3 rings (SSSR count). The fraction of sp³-hybridized carbons (Fsp3) is 0.417. The van der Waals surface area contributed by atoms with Gasteiger partial charge < -0.3 is 10.1 Å². The van der Waals surface area contributed by atoms with Gasteiger partial charge in [-0.15, -0.1) is 0 Å². The SMILES string of the molecule is CC(N)c1ccn2cc(C3CC3)nc2c1. The van der Waals surface area contributed by atoms with Crippen LogP contribution in [0.15, 0.2) is 24.5 Å². The molecule has 0 aliphatic heterocycles. The van der Waals surface area contributed by atoms with Gasteiger partial charge in [0.05, 0.1) is 5.69 Å². The van der Waals surface area contributed by atoms with Crippen molar-refractivity contribution in [2.45, 2.75) is 31.7 Å². The molecule has 1 aliphatic carbocycles. The van der Waals surface area contributed by atoms with E-state index in [4.69, 9.17) is 5.73 Å². The lowest BCUT2D eigenvalue weighted by molar-refractivity contribution is 0.815. The summed E-state index contributed by atoms with van der Waals surface area (Å²) >= 11 is 0. The van der Waals surface area contributed by atoms with Crippen molar-refractivity contribution in [3.63, 3.8) is 0 Å². The van der Waals surface area contributed by atoms with Gasteiger partial charge in [-0.05, 0) is 37.5 Å². The highest BCUT2D eigenvalue weighted by Gasteiger charge is 2.26. The standard InChI is InChI=1S/C12H15N3/c1-8(13)10-4-5-15-7-11(9-2-3-9)14-12(15)6-10/h4-9H,2-3,13H2,1H3. The van der Waals surface area contributed by atoms with Crippen molar-refractivity contribution in [3.8, 4) is 0 Å². The van der Waals surface area contributed by atoms with E-state index in [0.29, 0.717) is 5.92 Å². The average molecular weight is 201 g/mol. The summed E-state index contributed by atoms with van der Waals surface area (Å²) < 4.78 is 2.08. The first kappa shape index (κ1) is 8.92. The van der Waals surface area contributed by atoms with Crippen molar-refractivity contribution < 1.29 is 0 Å². The highest BCUT2D eigenvalue weighted by molar-refractivity contribution is 5.44. The number of pyridine rings is 1. The van der Waals surface area contributed by atoms with E-state index in [0.717, 1.165) is 11.2 Å². The first-order valence-electron chi connectivity index (χ1n) is 5.48. The van der Waals surface area contributed by atoms with Crippen LogP contribution in [0.4, 0.5) is 0 Å². The Kier molecular flexibility index (Phi) is 1.83. The minimum atomic E-state index is 0.0797. The highest BCUT2D eigenvalue weighted by atomic mass is 15.0. The fourth-order valence-corrected chi connectivity index (χ4v) is 1.88. The van der Waals surface area contributed by atoms with Gasteiger partial charge in [0, 0.05) is 24.4 Å². The fourth-order valence-electron chi connectivity index (χ4n) is 1.88. The van der Waals surface area contributed by atoms with Gasteiger partial charge in [0.2, 0.25) is 0 Å². The Morgan fingerprint density at radius 3 is 3.00 bits per heavy atom. The number of hydrogen-bond donors (Lipinski definition) is 1. The van der Waals surface area contributed by atoms with E-state index in [2.05, 4.69) is 27.7 Å². The average Bonchev–Trinajstić information content (AvgIpc) is 2.97. The maximum Gasteiger partial charge on any atom is 0.137 e. The number of nitrogens with zero attached hydrogens (tertiary/aromatic N) is 2. The van der Waals surface area contributed by atoms with Crippen LogP contribution in [-0.2, 0) is 0 Å². The third-order valence-electron chi connectivity index (χ3n) is 3.02. The normalized spacial score (nSPS) is 18.3. The largest absolute Gasteiger partial charge is 0.324 e. The van der Waals surface area contributed by atoms with Crippen molar-refractivity contribution in [1.82, 2.24) is 9.38 Å². The van der Waals surface area contributed by atoms with Gasteiger partial charge in [-0.1, -0.05) is 0 Å². The van der Waals surface area contributed by atoms with Gasteiger partial charge in [-0.3, -0.25) is 0 Å². The predicted molar refractivity (Wildman–Crippen MR) is 59.8 cm³/mol. The summed E-state index contributed by atoms with van der Waals surface area (Å²) in [7, 11) is 0. The first-order chi connectivity index (χ1) is 7.24. The summed E-state index contributed by atoms with van der Waals surface area (Å²) in [4.78, 5) is 4.63. The van der Waals surface area contributed by atoms with Crippen LogP contribution < -0.4 is 5.73 Å². The van der Waals surface area contributed by atoms with Crippen LogP contribution in [0.1, 0.15) is 43.0 Å². The molecule has 1 atom stereocenters. The third kappa shape index (κ3) is 1.53. The number of nitrogens with two attached hydrogens (primary N) is 1. The number of fused-ring (bicyclic) bond motifs is 1. The molecule has 0 spiro atoms. The van der Waals surface area contributed by atoms with E-state index in [1.807, 2.05) is 13.1 Å². The Balaban J connectivity index is 2.09. The lowest BCUT2D eigenvalue weighted by Gasteiger charge is -2.04. The molecule has 1 saturated carbocycles. The summed E-state index contributed by atoms with van der Waals surface area (Å²) in [6.07, 6.45) is 6.78. The van der Waals surface area contributed by atoms with Gasteiger partial charge >= 0.3 is 0 Å². The van der Waals surface area contributed by atoms with E-state index >= 15 is 0 Å². The third-order valence-corrected chi connectivity index (χ3v) is 3.02. The Morgan fingerprint density at radius 2 is 2.33 bits per heavy atom. The van der Waals surface area contributed by atoms with Crippen LogP contribution in [0.3, 0.4) is 0 Å². The number of hydrogen-bond acceptors (Lipinski definition) is 2. The van der Waals surface area contributed by atoms with E-state index < -0.39 is 0 Å². The van der Waals surface area contributed by atoms with Gasteiger partial charge in [0.25, 0.3) is 0 Å². The van der Waals surface area contributed by atoms with Crippen LogP contribution in [0.2, 0.25) is 0 Å². The molecule has 1 aliphatic rings. The predicted octanol–water partition coefficient (Wildman–Crippen LogP) is 2.23. The van der Waals surface area contributed by atoms with Crippen LogP contribution in [-0.4, -0.2) is 9.38 Å². The maximum absolute atomic E-state index is 5.85. The van der Waals surface area contributed by atoms with Gasteiger partial charge in [0.1, 0.15) is 5.65 Å². The lowest BCUT2D eigenvalue weighted by atomic mass is 10.1. The molecule has 1 unspecified atom stereocenters. The molecule has 15 heavy (non-hydrogen) atoms. The van der Waals surface area contributed by atoms with Crippen LogP contribution in [0.5, 0.6) is 0 Å². The number of aromatic nitrogens is 2. The molecular weight excluding hydrogens is 186 g/mol. The Labute approximate surface area is 88.9 Å². The van der Waals surface area contributed by atoms with E-state index in [1.54, 1.807) is 0 Å². The molecule has 2 aromatic heterocycles. The second kappa shape index (κ2) is 3.07. The van der Waals surface area contributed by atoms with Crippen molar-refractivity contribution in [2.75, 3.05) is 0 Å². The quantitative estimate of drug-likeness (QED) is 0.809. The molecule has 2 N–H and O–H groups in total. The van der Waals surface area contributed by atoms with Gasteiger partial charge in [0.15, 0.2) is 0 Å². The van der Waals surface area contributed by atoms with Crippen molar-refractivity contribution in [2.24, 2.45) is 5.73 Å². The first-order valence-corrected chi connectivity index (χ1v) is 5.48. The highest BCUT2D eigenvalue weighted by Crippen LogP contribution is 2.39. The number of imidazole rings is 1. The molecule has 0 aromatic carbocycles. The zero-order chi connectivity index (χ0) is 10.4. The summed E-state index contributed by atoms with van der Waals surface area (Å²) in [6.45, 7) is 2.00. The second-order valence-electron chi connectivity index (χ2n) is 4.45. The van der Waals surface area contributed by atoms with Gasteiger partial charge in [-0.2, -0.15) is 0 Å². The summed E-state index contributed by atoms with van der Waals surface area (Å²) in [5.41, 5.74) is 9.25. The number of rotatable bonds is 2. The van der Waals surface area contributed by atoms with E-state index in [-0.39, 0.29) is 6.04 Å². The Bertz CT molecular complexity index is 495. The molecule has 3 nitrogen and oxygen atoms in total. The molecule has 78 valence electrons. The second-order valence-corrected chi connectivity index (χ2v) is 4.45. The molecule has 0 amide bonds. The summed E-state index contributed by atoms with van der Waals surface area (Å²) in [6, 6.07) is 4.23. The summed E-state index contributed by atoms with van der Waals surface area (Å²) in [5, 5.41) is 0. The van der Waals surface area contributed by atoms with Crippen molar-refractivity contribution >= 4 is 5.65 Å². The van der Waals surface area contributed by atoms with Crippen molar-refractivity contribution in [1.29, 1.82) is 0 Å². The molecule has 2 heterocycles. The topological polar surface area (TPSA) is 43.3 Å². The molecule has 0 radical (unpaired) electrons. The van der Waals surface area contributed by atoms with Crippen LogP contribution >= 0.6 is 0 Å². The van der Waals surface area contributed by atoms with E-state index in [9.17, 15) is 0 Å². The molecule has 0 saturated heterocycles. The molecule has 0 bridgehead atoms. The zero-order valence-electron chi connectivity index (χ0n) is 8.85. The lowest BCUT2D eigenvalue weighted by Crippen LogP contribution is -2.05. The molecular formula is C12H15N3. The minimum Gasteiger partial charge on any atom is -0.324 e. The maximum atomic E-state index is 5.85. The minimum absolute atomic E-state index is 0.0797. The zero-order valence-corrected chi connectivity index (χ0v) is 8.85. The van der Waals surface area contributed by atoms with Crippen LogP contribution in [0, 0.1) is 0 Å². The molecule has 3 heteroatoms. The Morgan fingerprint density at radius 1 is 1.53 bits per heavy atom. The van der Waals surface area contributed by atoms with E-state index in [1.165, 1.54) is 18.5 Å². The Hall–Kier alpha value is -1.35. The van der Waals surface area contributed by atoms with Gasteiger partial charge in [-0.25, -0.2) is 4.98 Å². The summed E-state index contributed by atoms with van der Waals surface area (Å²) in [5.74, 6) is 0.712. The molecule has 2 aromatic rings. The molecule has 1 fully saturated rings.